The number of nitrogens with one attached hydrogen (secondary N) is 2. The number of hydrogen-bond donors (Lipinski definition) is 2. The second kappa shape index (κ2) is 11.2. The first-order chi connectivity index (χ1) is 11.5. The highest BCUT2D eigenvalue weighted by molar-refractivity contribution is 14.0. The number of halogens is 1. The number of aliphatic imine (C=N–C) groups is 1. The van der Waals surface area contributed by atoms with Gasteiger partial charge in [0.2, 0.25) is 0 Å². The fourth-order valence-corrected chi connectivity index (χ4v) is 4.03. The average Bonchev–Trinajstić information content (AvgIpc) is 2.63. The highest BCUT2D eigenvalue weighted by Gasteiger charge is 2.32. The summed E-state index contributed by atoms with van der Waals surface area (Å²) in [6.07, 6.45) is 4.39. The van der Waals surface area contributed by atoms with Gasteiger partial charge in [-0.2, -0.15) is 11.8 Å². The predicted octanol–water partition coefficient (Wildman–Crippen LogP) is 1.79. The minimum absolute atomic E-state index is 0. The molecular formula is C17H35IN4O2S. The Hall–Kier alpha value is 0.230. The first-order valence-electron chi connectivity index (χ1n) is 8.92. The molecule has 0 aliphatic carbocycles. The number of thioether (sulfide) groups is 1. The molecule has 2 N–H and O–H groups in total. The summed E-state index contributed by atoms with van der Waals surface area (Å²) in [5.74, 6) is 0.885. The minimum Gasteiger partial charge on any atom is -0.381 e. The monoisotopic (exact) mass is 486 g/mol. The fourth-order valence-electron chi connectivity index (χ4n) is 3.24. The molecule has 0 aromatic heterocycles. The molecule has 0 aromatic carbocycles. The van der Waals surface area contributed by atoms with E-state index in [4.69, 9.17) is 9.47 Å². The summed E-state index contributed by atoms with van der Waals surface area (Å²) in [6, 6.07) is 0. The van der Waals surface area contributed by atoms with E-state index in [1.807, 2.05) is 18.8 Å². The molecule has 2 aliphatic heterocycles. The van der Waals surface area contributed by atoms with Crippen molar-refractivity contribution in [3.63, 3.8) is 0 Å². The van der Waals surface area contributed by atoms with Gasteiger partial charge in [0.1, 0.15) is 0 Å². The third-order valence-electron chi connectivity index (χ3n) is 5.19. The van der Waals surface area contributed by atoms with E-state index in [9.17, 15) is 0 Å². The third-order valence-corrected chi connectivity index (χ3v) is 6.61. The molecule has 2 saturated heterocycles. The summed E-state index contributed by atoms with van der Waals surface area (Å²) in [7, 11) is 1.84. The number of morpholine rings is 1. The number of guanidine groups is 1. The van der Waals surface area contributed by atoms with E-state index in [-0.39, 0.29) is 34.3 Å². The van der Waals surface area contributed by atoms with Crippen molar-refractivity contribution in [3.8, 4) is 0 Å². The van der Waals surface area contributed by atoms with Crippen molar-refractivity contribution >= 4 is 41.7 Å². The number of hydrogen-bond acceptors (Lipinski definition) is 5. The quantitative estimate of drug-likeness (QED) is 0.339. The Morgan fingerprint density at radius 1 is 1.12 bits per heavy atom. The second-order valence-electron chi connectivity index (χ2n) is 7.19. The molecule has 8 heteroatoms. The van der Waals surface area contributed by atoms with Crippen LogP contribution in [-0.2, 0) is 9.47 Å². The summed E-state index contributed by atoms with van der Waals surface area (Å²) >= 11 is 1.94. The molecule has 2 rings (SSSR count). The van der Waals surface area contributed by atoms with Crippen LogP contribution in [0.25, 0.3) is 0 Å². The van der Waals surface area contributed by atoms with Gasteiger partial charge in [-0.15, -0.1) is 24.0 Å². The van der Waals surface area contributed by atoms with Gasteiger partial charge in [-0.3, -0.25) is 9.89 Å². The lowest BCUT2D eigenvalue weighted by atomic mass is 9.99. The summed E-state index contributed by atoms with van der Waals surface area (Å²) in [5.41, 5.74) is 0.0806. The van der Waals surface area contributed by atoms with Gasteiger partial charge in [-0.1, -0.05) is 0 Å². The van der Waals surface area contributed by atoms with Crippen molar-refractivity contribution < 1.29 is 9.47 Å². The molecule has 0 unspecified atom stereocenters. The van der Waals surface area contributed by atoms with Gasteiger partial charge in [-0.25, -0.2) is 0 Å². The fraction of sp³-hybridized carbons (Fsp3) is 0.941. The Labute approximate surface area is 174 Å². The van der Waals surface area contributed by atoms with Crippen molar-refractivity contribution in [1.82, 2.24) is 15.5 Å². The molecular weight excluding hydrogens is 451 g/mol. The number of ether oxygens (including phenoxy) is 2. The van der Waals surface area contributed by atoms with Crippen LogP contribution < -0.4 is 10.6 Å². The normalized spacial score (nSPS) is 22.2. The lowest BCUT2D eigenvalue weighted by molar-refractivity contribution is -0.00834. The van der Waals surface area contributed by atoms with Crippen LogP contribution in [0.4, 0.5) is 0 Å². The van der Waals surface area contributed by atoms with Gasteiger partial charge >= 0.3 is 0 Å². The molecule has 0 atom stereocenters. The SMILES string of the molecule is CN=C(NCC1(SC)CCOCC1)NCC(C)(C)N1CCOCC1.I. The highest BCUT2D eigenvalue weighted by Crippen LogP contribution is 2.32. The van der Waals surface area contributed by atoms with Crippen LogP contribution in [0.15, 0.2) is 4.99 Å². The van der Waals surface area contributed by atoms with E-state index in [2.05, 4.69) is 40.6 Å². The average molecular weight is 486 g/mol. The van der Waals surface area contributed by atoms with Crippen molar-refractivity contribution in [2.24, 2.45) is 4.99 Å². The lowest BCUT2D eigenvalue weighted by Gasteiger charge is -2.41. The van der Waals surface area contributed by atoms with E-state index in [0.717, 1.165) is 71.4 Å². The van der Waals surface area contributed by atoms with Crippen LogP contribution in [0.3, 0.4) is 0 Å². The number of rotatable bonds is 6. The number of nitrogens with zero attached hydrogens (tertiary/aromatic N) is 2. The Kier molecular flexibility index (Phi) is 10.4. The third kappa shape index (κ3) is 7.04. The molecule has 148 valence electrons. The Morgan fingerprint density at radius 3 is 2.28 bits per heavy atom. The Balaban J connectivity index is 0.00000312. The molecule has 2 aliphatic rings. The molecule has 2 heterocycles. The second-order valence-corrected chi connectivity index (χ2v) is 8.46. The van der Waals surface area contributed by atoms with Crippen LogP contribution in [0.5, 0.6) is 0 Å². The van der Waals surface area contributed by atoms with Crippen LogP contribution in [0.2, 0.25) is 0 Å². The molecule has 0 amide bonds. The van der Waals surface area contributed by atoms with Crippen LogP contribution in [0, 0.1) is 0 Å². The van der Waals surface area contributed by atoms with Gasteiger partial charge in [0.05, 0.1) is 13.2 Å². The predicted molar refractivity (Wildman–Crippen MR) is 118 cm³/mol. The van der Waals surface area contributed by atoms with Gasteiger partial charge in [0, 0.05) is 56.7 Å². The van der Waals surface area contributed by atoms with E-state index in [1.165, 1.54) is 0 Å². The van der Waals surface area contributed by atoms with Gasteiger partial charge in [-0.05, 0) is 32.9 Å². The minimum atomic E-state index is 0. The van der Waals surface area contributed by atoms with Gasteiger partial charge in [0.15, 0.2) is 5.96 Å². The van der Waals surface area contributed by atoms with E-state index in [0.29, 0.717) is 0 Å². The van der Waals surface area contributed by atoms with Crippen LogP contribution >= 0.6 is 35.7 Å². The zero-order valence-electron chi connectivity index (χ0n) is 16.1. The van der Waals surface area contributed by atoms with Crippen LogP contribution in [-0.4, -0.2) is 87.1 Å². The van der Waals surface area contributed by atoms with E-state index in [1.54, 1.807) is 0 Å². The maximum absolute atomic E-state index is 5.52. The summed E-state index contributed by atoms with van der Waals surface area (Å²) in [4.78, 5) is 6.88. The zero-order chi connectivity index (χ0) is 17.5. The molecule has 6 nitrogen and oxygen atoms in total. The van der Waals surface area contributed by atoms with Crippen LogP contribution in [0.1, 0.15) is 26.7 Å². The maximum Gasteiger partial charge on any atom is 0.191 e. The first kappa shape index (κ1) is 23.3. The van der Waals surface area contributed by atoms with Crippen molar-refractivity contribution in [2.45, 2.75) is 37.0 Å². The lowest BCUT2D eigenvalue weighted by Crippen LogP contribution is -2.57. The van der Waals surface area contributed by atoms with Gasteiger partial charge in [0.25, 0.3) is 0 Å². The summed E-state index contributed by atoms with van der Waals surface area (Å²) in [6.45, 7) is 11.7. The summed E-state index contributed by atoms with van der Waals surface area (Å²) in [5, 5.41) is 7.03. The molecule has 25 heavy (non-hydrogen) atoms. The summed E-state index contributed by atoms with van der Waals surface area (Å²) < 4.78 is 11.2. The Morgan fingerprint density at radius 2 is 1.72 bits per heavy atom. The van der Waals surface area contributed by atoms with Crippen molar-refractivity contribution in [3.05, 3.63) is 0 Å². The topological polar surface area (TPSA) is 58.1 Å². The molecule has 2 fully saturated rings. The molecule has 0 spiro atoms. The van der Waals surface area contributed by atoms with Crippen molar-refractivity contribution in [2.75, 3.05) is 65.9 Å². The zero-order valence-corrected chi connectivity index (χ0v) is 19.2. The molecule has 0 bridgehead atoms. The molecule has 0 saturated carbocycles. The maximum atomic E-state index is 5.52. The smallest absolute Gasteiger partial charge is 0.191 e. The first-order valence-corrected chi connectivity index (χ1v) is 10.1. The Bertz CT molecular complexity index is 411. The largest absolute Gasteiger partial charge is 0.381 e. The van der Waals surface area contributed by atoms with E-state index < -0.39 is 0 Å². The van der Waals surface area contributed by atoms with E-state index >= 15 is 0 Å². The standard InChI is InChI=1S/C17H34N4O2S.HI/c1-16(2,21-7-11-23-12-8-21)13-19-15(18-3)20-14-17(24-4)5-9-22-10-6-17;/h5-14H2,1-4H3,(H2,18,19,20);1H. The molecule has 0 aromatic rings. The highest BCUT2D eigenvalue weighted by atomic mass is 127. The molecule has 0 radical (unpaired) electrons. The van der Waals surface area contributed by atoms with Gasteiger partial charge < -0.3 is 20.1 Å². The van der Waals surface area contributed by atoms with Crippen molar-refractivity contribution in [1.29, 1.82) is 0 Å².